The molecule has 0 saturated carbocycles. The van der Waals surface area contributed by atoms with E-state index in [-0.39, 0.29) is 0 Å². The number of hydrogen-bond donors (Lipinski definition) is 1. The predicted octanol–water partition coefficient (Wildman–Crippen LogP) is 1.55. The van der Waals surface area contributed by atoms with Gasteiger partial charge in [-0.3, -0.25) is 4.98 Å². The third-order valence-corrected chi connectivity index (χ3v) is 2.51. The number of hydrogen-bond acceptors (Lipinski definition) is 3. The molecule has 4 heteroatoms. The van der Waals surface area contributed by atoms with Crippen molar-refractivity contribution < 1.29 is 0 Å². The maximum atomic E-state index is 4.20. The average Bonchev–Trinajstić information content (AvgIpc) is 2.79. The van der Waals surface area contributed by atoms with E-state index in [0.717, 1.165) is 30.8 Å². The molecule has 84 valence electrons. The summed E-state index contributed by atoms with van der Waals surface area (Å²) in [5, 5.41) is 3.15. The van der Waals surface area contributed by atoms with Crippen LogP contribution in [0.25, 0.3) is 11.3 Å². The van der Waals surface area contributed by atoms with Crippen LogP contribution in [0.2, 0.25) is 0 Å². The van der Waals surface area contributed by atoms with Gasteiger partial charge in [0.25, 0.3) is 0 Å². The second-order valence-electron chi connectivity index (χ2n) is 3.67. The van der Waals surface area contributed by atoms with Gasteiger partial charge in [0, 0.05) is 24.5 Å². The van der Waals surface area contributed by atoms with Gasteiger partial charge in [-0.2, -0.15) is 0 Å². The molecule has 0 saturated heterocycles. The summed E-state index contributed by atoms with van der Waals surface area (Å²) in [4.78, 5) is 8.22. The van der Waals surface area contributed by atoms with Gasteiger partial charge in [0.05, 0.1) is 18.2 Å². The summed E-state index contributed by atoms with van der Waals surface area (Å²) in [5.74, 6) is 0. The minimum atomic E-state index is 0.985. The Morgan fingerprint density at radius 2 is 2.06 bits per heavy atom. The van der Waals surface area contributed by atoms with Gasteiger partial charge in [0.2, 0.25) is 0 Å². The first kappa shape index (κ1) is 10.8. The van der Waals surface area contributed by atoms with Gasteiger partial charge >= 0.3 is 0 Å². The fourth-order valence-electron chi connectivity index (χ4n) is 1.69. The quantitative estimate of drug-likeness (QED) is 0.771. The molecular formula is C12H16N4. The maximum absolute atomic E-state index is 4.20. The highest BCUT2D eigenvalue weighted by atomic mass is 15.0. The molecule has 0 spiro atoms. The number of nitrogens with zero attached hydrogens (tertiary/aromatic N) is 3. The smallest absolute Gasteiger partial charge is 0.0950 e. The zero-order valence-electron chi connectivity index (χ0n) is 9.43. The topological polar surface area (TPSA) is 42.7 Å². The molecular weight excluding hydrogens is 200 g/mol. The van der Waals surface area contributed by atoms with Crippen LogP contribution in [0.5, 0.6) is 0 Å². The van der Waals surface area contributed by atoms with E-state index < -0.39 is 0 Å². The standard InChI is InChI=1S/C12H16N4/c1-13-5-2-8-16-10-15-9-12(16)11-3-6-14-7-4-11/h3-4,6-7,9-10,13H,2,5,8H2,1H3. The van der Waals surface area contributed by atoms with Crippen LogP contribution in [-0.4, -0.2) is 28.1 Å². The van der Waals surface area contributed by atoms with Crippen LogP contribution < -0.4 is 5.32 Å². The van der Waals surface area contributed by atoms with Gasteiger partial charge in [-0.15, -0.1) is 0 Å². The Morgan fingerprint density at radius 1 is 1.25 bits per heavy atom. The van der Waals surface area contributed by atoms with Gasteiger partial charge in [-0.1, -0.05) is 0 Å². The van der Waals surface area contributed by atoms with E-state index in [9.17, 15) is 0 Å². The van der Waals surface area contributed by atoms with E-state index in [1.807, 2.05) is 31.7 Å². The highest BCUT2D eigenvalue weighted by molar-refractivity contribution is 5.57. The van der Waals surface area contributed by atoms with Crippen LogP contribution in [0.3, 0.4) is 0 Å². The average molecular weight is 216 g/mol. The molecule has 2 heterocycles. The predicted molar refractivity (Wildman–Crippen MR) is 64.0 cm³/mol. The molecule has 2 rings (SSSR count). The molecule has 0 fully saturated rings. The first-order chi connectivity index (χ1) is 7.92. The van der Waals surface area contributed by atoms with Crippen molar-refractivity contribution >= 4 is 0 Å². The Morgan fingerprint density at radius 3 is 2.81 bits per heavy atom. The largest absolute Gasteiger partial charge is 0.331 e. The second-order valence-corrected chi connectivity index (χ2v) is 3.67. The van der Waals surface area contributed by atoms with E-state index in [4.69, 9.17) is 0 Å². The van der Waals surface area contributed by atoms with Crippen molar-refractivity contribution in [1.29, 1.82) is 0 Å². The summed E-state index contributed by atoms with van der Waals surface area (Å²) >= 11 is 0. The maximum Gasteiger partial charge on any atom is 0.0950 e. The lowest BCUT2D eigenvalue weighted by Crippen LogP contribution is -2.11. The van der Waals surface area contributed by atoms with Crippen LogP contribution in [0, 0.1) is 0 Å². The van der Waals surface area contributed by atoms with Crippen molar-refractivity contribution in [1.82, 2.24) is 19.9 Å². The third kappa shape index (κ3) is 2.46. The van der Waals surface area contributed by atoms with Gasteiger partial charge in [0.15, 0.2) is 0 Å². The first-order valence-corrected chi connectivity index (χ1v) is 5.47. The lowest BCUT2D eigenvalue weighted by atomic mass is 10.2. The third-order valence-electron chi connectivity index (χ3n) is 2.51. The van der Waals surface area contributed by atoms with Crippen molar-refractivity contribution in [3.05, 3.63) is 37.1 Å². The SMILES string of the molecule is CNCCCn1cncc1-c1ccncc1. The number of nitrogens with one attached hydrogen (secondary N) is 1. The first-order valence-electron chi connectivity index (χ1n) is 5.47. The molecule has 0 amide bonds. The van der Waals surface area contributed by atoms with Crippen LogP contribution in [0.15, 0.2) is 37.1 Å². The van der Waals surface area contributed by atoms with E-state index in [0.29, 0.717) is 0 Å². The number of rotatable bonds is 5. The molecule has 2 aromatic rings. The monoisotopic (exact) mass is 216 g/mol. The zero-order chi connectivity index (χ0) is 11.2. The van der Waals surface area contributed by atoms with Crippen molar-refractivity contribution in [3.63, 3.8) is 0 Å². The van der Waals surface area contributed by atoms with E-state index in [1.54, 1.807) is 12.4 Å². The molecule has 0 bridgehead atoms. The summed E-state index contributed by atoms with van der Waals surface area (Å²) in [7, 11) is 1.97. The van der Waals surface area contributed by atoms with Crippen molar-refractivity contribution in [2.75, 3.05) is 13.6 Å². The zero-order valence-corrected chi connectivity index (χ0v) is 9.43. The highest BCUT2D eigenvalue weighted by Crippen LogP contribution is 2.17. The summed E-state index contributed by atoms with van der Waals surface area (Å²) in [5.41, 5.74) is 2.32. The molecule has 0 aliphatic carbocycles. The Hall–Kier alpha value is -1.68. The van der Waals surface area contributed by atoms with Crippen LogP contribution >= 0.6 is 0 Å². The highest BCUT2D eigenvalue weighted by Gasteiger charge is 2.03. The number of imidazole rings is 1. The molecule has 0 aliphatic heterocycles. The summed E-state index contributed by atoms with van der Waals surface area (Å²) < 4.78 is 2.17. The minimum absolute atomic E-state index is 0.985. The Kier molecular flexibility index (Phi) is 3.66. The van der Waals surface area contributed by atoms with Crippen molar-refractivity contribution in [2.45, 2.75) is 13.0 Å². The van der Waals surface area contributed by atoms with Gasteiger partial charge in [-0.05, 0) is 32.1 Å². The van der Waals surface area contributed by atoms with Crippen molar-refractivity contribution in [2.24, 2.45) is 0 Å². The molecule has 0 unspecified atom stereocenters. The second kappa shape index (κ2) is 5.42. The fraction of sp³-hybridized carbons (Fsp3) is 0.333. The normalized spacial score (nSPS) is 10.6. The molecule has 1 N–H and O–H groups in total. The van der Waals surface area contributed by atoms with Crippen LogP contribution in [0.1, 0.15) is 6.42 Å². The Balaban J connectivity index is 2.13. The van der Waals surface area contributed by atoms with Crippen LogP contribution in [-0.2, 0) is 6.54 Å². The van der Waals surface area contributed by atoms with E-state index in [1.165, 1.54) is 0 Å². The lowest BCUT2D eigenvalue weighted by Gasteiger charge is -2.07. The van der Waals surface area contributed by atoms with Gasteiger partial charge in [0.1, 0.15) is 0 Å². The number of aryl methyl sites for hydroxylation is 1. The van der Waals surface area contributed by atoms with Gasteiger partial charge in [-0.25, -0.2) is 4.98 Å². The minimum Gasteiger partial charge on any atom is -0.331 e. The molecule has 0 aromatic carbocycles. The summed E-state index contributed by atoms with van der Waals surface area (Å²) in [6.07, 6.45) is 8.49. The number of aromatic nitrogens is 3. The molecule has 0 radical (unpaired) electrons. The Labute approximate surface area is 95.4 Å². The molecule has 0 atom stereocenters. The molecule has 16 heavy (non-hydrogen) atoms. The van der Waals surface area contributed by atoms with E-state index in [2.05, 4.69) is 19.9 Å². The number of pyridine rings is 1. The summed E-state index contributed by atoms with van der Waals surface area (Å²) in [6, 6.07) is 4.01. The fourth-order valence-corrected chi connectivity index (χ4v) is 1.69. The van der Waals surface area contributed by atoms with Gasteiger partial charge < -0.3 is 9.88 Å². The van der Waals surface area contributed by atoms with Crippen LogP contribution in [0.4, 0.5) is 0 Å². The molecule has 0 aliphatic rings. The van der Waals surface area contributed by atoms with Crippen molar-refractivity contribution in [3.8, 4) is 11.3 Å². The molecule has 2 aromatic heterocycles. The summed E-state index contributed by atoms with van der Waals surface area (Å²) in [6.45, 7) is 2.01. The lowest BCUT2D eigenvalue weighted by molar-refractivity contribution is 0.616. The Bertz CT molecular complexity index is 422. The molecule has 4 nitrogen and oxygen atoms in total. The van der Waals surface area contributed by atoms with E-state index >= 15 is 0 Å².